The molecule has 0 aromatic carbocycles. The SMILES string of the molecule is NC1C2C(O)CCC12N. The van der Waals surface area contributed by atoms with Crippen molar-refractivity contribution in [3.63, 3.8) is 0 Å². The van der Waals surface area contributed by atoms with E-state index in [0.717, 1.165) is 12.8 Å². The van der Waals surface area contributed by atoms with Crippen molar-refractivity contribution < 1.29 is 5.11 Å². The van der Waals surface area contributed by atoms with Crippen LogP contribution in [0.2, 0.25) is 0 Å². The number of aliphatic hydroxyl groups is 1. The average Bonchev–Trinajstić information content (AvgIpc) is 2.13. The summed E-state index contributed by atoms with van der Waals surface area (Å²) in [5.74, 6) is 0.206. The zero-order chi connectivity index (χ0) is 6.65. The van der Waals surface area contributed by atoms with Crippen LogP contribution in [0.1, 0.15) is 12.8 Å². The lowest BCUT2D eigenvalue weighted by Gasteiger charge is -2.04. The zero-order valence-electron chi connectivity index (χ0n) is 5.25. The van der Waals surface area contributed by atoms with E-state index in [2.05, 4.69) is 0 Å². The summed E-state index contributed by atoms with van der Waals surface area (Å²) < 4.78 is 0. The lowest BCUT2D eigenvalue weighted by molar-refractivity contribution is 0.156. The molecule has 0 aromatic rings. The molecule has 0 aliphatic heterocycles. The van der Waals surface area contributed by atoms with Crippen LogP contribution in [-0.4, -0.2) is 22.8 Å². The molecular weight excluding hydrogens is 116 g/mol. The minimum absolute atomic E-state index is 0.0706. The van der Waals surface area contributed by atoms with Gasteiger partial charge >= 0.3 is 0 Å². The van der Waals surface area contributed by atoms with E-state index in [1.807, 2.05) is 0 Å². The Morgan fingerprint density at radius 2 is 2.22 bits per heavy atom. The van der Waals surface area contributed by atoms with Gasteiger partial charge in [0.05, 0.1) is 6.10 Å². The predicted octanol–water partition coefficient (Wildman–Crippen LogP) is -1.20. The molecule has 9 heavy (non-hydrogen) atoms. The van der Waals surface area contributed by atoms with Crippen molar-refractivity contribution in [1.82, 2.24) is 0 Å². The second-order valence-corrected chi connectivity index (χ2v) is 3.27. The van der Waals surface area contributed by atoms with Crippen LogP contribution >= 0.6 is 0 Å². The van der Waals surface area contributed by atoms with Crippen molar-refractivity contribution in [3.05, 3.63) is 0 Å². The van der Waals surface area contributed by atoms with Crippen molar-refractivity contribution in [2.75, 3.05) is 0 Å². The fourth-order valence-corrected chi connectivity index (χ4v) is 2.03. The Bertz CT molecular complexity index is 146. The third kappa shape index (κ3) is 0.478. The Morgan fingerprint density at radius 1 is 1.56 bits per heavy atom. The molecule has 2 rings (SSSR count). The summed E-state index contributed by atoms with van der Waals surface area (Å²) in [5, 5.41) is 9.21. The fraction of sp³-hybridized carbons (Fsp3) is 1.00. The van der Waals surface area contributed by atoms with Crippen LogP contribution in [-0.2, 0) is 0 Å². The Hall–Kier alpha value is -0.120. The van der Waals surface area contributed by atoms with Gasteiger partial charge in [-0.15, -0.1) is 0 Å². The summed E-state index contributed by atoms with van der Waals surface area (Å²) in [7, 11) is 0. The molecule has 2 aliphatic rings. The van der Waals surface area contributed by atoms with E-state index in [4.69, 9.17) is 11.5 Å². The summed E-state index contributed by atoms with van der Waals surface area (Å²) >= 11 is 0. The van der Waals surface area contributed by atoms with Crippen LogP contribution in [0, 0.1) is 5.92 Å². The first-order valence-electron chi connectivity index (χ1n) is 3.39. The minimum atomic E-state index is -0.218. The smallest absolute Gasteiger partial charge is 0.0602 e. The first-order valence-corrected chi connectivity index (χ1v) is 3.39. The highest BCUT2D eigenvalue weighted by Gasteiger charge is 2.66. The molecule has 4 atom stereocenters. The number of hydrogen-bond donors (Lipinski definition) is 3. The second kappa shape index (κ2) is 1.31. The summed E-state index contributed by atoms with van der Waals surface area (Å²) in [5.41, 5.74) is 11.2. The van der Waals surface area contributed by atoms with Crippen LogP contribution < -0.4 is 11.5 Å². The van der Waals surface area contributed by atoms with E-state index in [0.29, 0.717) is 0 Å². The van der Waals surface area contributed by atoms with Crippen molar-refractivity contribution >= 4 is 0 Å². The molecule has 5 N–H and O–H groups in total. The van der Waals surface area contributed by atoms with Gasteiger partial charge in [0, 0.05) is 17.5 Å². The Balaban J connectivity index is 2.18. The van der Waals surface area contributed by atoms with Gasteiger partial charge in [0.2, 0.25) is 0 Å². The zero-order valence-corrected chi connectivity index (χ0v) is 5.25. The van der Waals surface area contributed by atoms with Crippen molar-refractivity contribution in [1.29, 1.82) is 0 Å². The van der Waals surface area contributed by atoms with Crippen LogP contribution in [0.25, 0.3) is 0 Å². The molecule has 3 nitrogen and oxygen atoms in total. The van der Waals surface area contributed by atoms with Gasteiger partial charge in [0.15, 0.2) is 0 Å². The van der Waals surface area contributed by atoms with Gasteiger partial charge in [-0.1, -0.05) is 0 Å². The average molecular weight is 128 g/mol. The highest BCUT2D eigenvalue weighted by atomic mass is 16.3. The van der Waals surface area contributed by atoms with Crippen molar-refractivity contribution in [2.24, 2.45) is 17.4 Å². The molecular formula is C6H12N2O. The van der Waals surface area contributed by atoms with Gasteiger partial charge in [-0.2, -0.15) is 0 Å². The molecule has 0 bridgehead atoms. The molecule has 0 heterocycles. The number of nitrogens with two attached hydrogens (primary N) is 2. The van der Waals surface area contributed by atoms with E-state index in [1.165, 1.54) is 0 Å². The maximum absolute atomic E-state index is 9.21. The normalized spacial score (nSPS) is 63.7. The molecule has 3 heteroatoms. The van der Waals surface area contributed by atoms with Gasteiger partial charge in [-0.05, 0) is 12.8 Å². The summed E-state index contributed by atoms with van der Waals surface area (Å²) in [4.78, 5) is 0. The molecule has 0 spiro atoms. The van der Waals surface area contributed by atoms with E-state index in [1.54, 1.807) is 0 Å². The van der Waals surface area contributed by atoms with E-state index in [9.17, 15) is 5.11 Å². The topological polar surface area (TPSA) is 72.3 Å². The summed E-state index contributed by atoms with van der Waals surface area (Å²) in [6, 6.07) is 0.0706. The van der Waals surface area contributed by atoms with Gasteiger partial charge in [0.25, 0.3) is 0 Å². The van der Waals surface area contributed by atoms with Crippen LogP contribution in [0.4, 0.5) is 0 Å². The molecule has 2 saturated carbocycles. The van der Waals surface area contributed by atoms with Crippen LogP contribution in [0.15, 0.2) is 0 Å². The first-order chi connectivity index (χ1) is 4.16. The highest BCUT2D eigenvalue weighted by Crippen LogP contribution is 2.52. The standard InChI is InChI=1S/C6H12N2O/c7-5-4-3(9)1-2-6(4,5)8/h3-5,9H,1-2,7-8H2. The number of rotatable bonds is 0. The molecule has 0 radical (unpaired) electrons. The summed E-state index contributed by atoms with van der Waals surface area (Å²) in [6.07, 6.45) is 1.53. The number of hydrogen-bond acceptors (Lipinski definition) is 3. The second-order valence-electron chi connectivity index (χ2n) is 3.27. The Kier molecular flexibility index (Phi) is 0.822. The highest BCUT2D eigenvalue weighted by molar-refractivity contribution is 5.25. The largest absolute Gasteiger partial charge is 0.393 e. The van der Waals surface area contributed by atoms with Crippen molar-refractivity contribution in [2.45, 2.75) is 30.5 Å². The predicted molar refractivity (Wildman–Crippen MR) is 33.6 cm³/mol. The fourth-order valence-electron chi connectivity index (χ4n) is 2.03. The minimum Gasteiger partial charge on any atom is -0.393 e. The molecule has 0 aromatic heterocycles. The first kappa shape index (κ1) is 5.65. The van der Waals surface area contributed by atoms with E-state index < -0.39 is 0 Å². The lowest BCUT2D eigenvalue weighted by atomic mass is 10.2. The van der Waals surface area contributed by atoms with E-state index in [-0.39, 0.29) is 23.6 Å². The van der Waals surface area contributed by atoms with Crippen LogP contribution in [0.5, 0.6) is 0 Å². The van der Waals surface area contributed by atoms with Gasteiger partial charge < -0.3 is 16.6 Å². The molecule has 0 saturated heterocycles. The quantitative estimate of drug-likeness (QED) is 0.383. The summed E-state index contributed by atoms with van der Waals surface area (Å²) in [6.45, 7) is 0. The maximum atomic E-state index is 9.21. The molecule has 4 unspecified atom stereocenters. The molecule has 0 amide bonds. The third-order valence-electron chi connectivity index (χ3n) is 2.81. The Labute approximate surface area is 54.0 Å². The third-order valence-corrected chi connectivity index (χ3v) is 2.81. The van der Waals surface area contributed by atoms with Gasteiger partial charge in [-0.25, -0.2) is 0 Å². The van der Waals surface area contributed by atoms with Gasteiger partial charge in [0.1, 0.15) is 0 Å². The molecule has 2 fully saturated rings. The Morgan fingerprint density at radius 3 is 2.44 bits per heavy atom. The van der Waals surface area contributed by atoms with Crippen molar-refractivity contribution in [3.8, 4) is 0 Å². The molecule has 2 aliphatic carbocycles. The number of fused-ring (bicyclic) bond motifs is 1. The van der Waals surface area contributed by atoms with Crippen LogP contribution in [0.3, 0.4) is 0 Å². The van der Waals surface area contributed by atoms with Gasteiger partial charge in [-0.3, -0.25) is 0 Å². The number of aliphatic hydroxyl groups excluding tert-OH is 1. The molecule has 52 valence electrons. The monoisotopic (exact) mass is 128 g/mol. The van der Waals surface area contributed by atoms with E-state index >= 15 is 0 Å². The lowest BCUT2D eigenvalue weighted by Crippen LogP contribution is -2.29. The maximum Gasteiger partial charge on any atom is 0.0602 e.